The molecule has 5 rings (SSSR count). The summed E-state index contributed by atoms with van der Waals surface area (Å²) in [5.74, 6) is -2.50. The Morgan fingerprint density at radius 3 is 2.33 bits per heavy atom. The Balaban J connectivity index is 1.31. The molecule has 4 N–H and O–H groups in total. The lowest BCUT2D eigenvalue weighted by Gasteiger charge is -2.09. The summed E-state index contributed by atoms with van der Waals surface area (Å²) in [5.41, 5.74) is 3.74. The monoisotopic (exact) mass is 573 g/mol. The third kappa shape index (κ3) is 6.46. The van der Waals surface area contributed by atoms with Gasteiger partial charge in [0.25, 0.3) is 6.01 Å². The van der Waals surface area contributed by atoms with Crippen LogP contribution in [-0.2, 0) is 11.3 Å². The molecule has 0 aliphatic rings. The van der Waals surface area contributed by atoms with Crippen LogP contribution in [0, 0.1) is 18.6 Å². The predicted molar refractivity (Wildman–Crippen MR) is 155 cm³/mol. The van der Waals surface area contributed by atoms with Crippen LogP contribution in [0.5, 0.6) is 11.8 Å². The molecule has 0 aliphatic carbocycles. The molecule has 0 aliphatic heterocycles. The lowest BCUT2D eigenvalue weighted by atomic mass is 9.98. The standard InChI is InChI=1S/C32H29F2N3O5/c1-19-2-11-24(16-25(19)31(39)40)42-32-36-27-17-26(33)28(29(34)30(27)37-32)23-9-7-22(8-10-23)21-5-3-20(4-6-21)18-35-12-14-41-15-13-38/h2-11,16-17,35,38H,12-15,18H2,1H3,(H,36,37)(H,39,40). The number of aromatic carboxylic acids is 1. The quantitative estimate of drug-likeness (QED) is 0.134. The average molecular weight is 574 g/mol. The van der Waals surface area contributed by atoms with Crippen LogP contribution in [0.25, 0.3) is 33.3 Å². The Labute approximate surface area is 240 Å². The van der Waals surface area contributed by atoms with E-state index < -0.39 is 17.6 Å². The zero-order valence-electron chi connectivity index (χ0n) is 22.8. The number of aryl methyl sites for hydroxylation is 1. The molecule has 1 heterocycles. The predicted octanol–water partition coefficient (Wildman–Crippen LogP) is 6.07. The molecule has 4 aromatic carbocycles. The lowest BCUT2D eigenvalue weighted by molar-refractivity contribution is 0.0695. The zero-order chi connectivity index (χ0) is 29.6. The van der Waals surface area contributed by atoms with Gasteiger partial charge >= 0.3 is 5.97 Å². The largest absolute Gasteiger partial charge is 0.478 e. The van der Waals surface area contributed by atoms with Crippen molar-refractivity contribution >= 4 is 17.0 Å². The first-order valence-corrected chi connectivity index (χ1v) is 13.3. The number of aromatic nitrogens is 2. The molecule has 216 valence electrons. The summed E-state index contributed by atoms with van der Waals surface area (Å²) >= 11 is 0. The van der Waals surface area contributed by atoms with Gasteiger partial charge in [0.15, 0.2) is 5.82 Å². The second kappa shape index (κ2) is 12.9. The van der Waals surface area contributed by atoms with Gasteiger partial charge in [-0.2, -0.15) is 4.98 Å². The highest BCUT2D eigenvalue weighted by atomic mass is 19.1. The number of nitrogens with zero attached hydrogens (tertiary/aromatic N) is 1. The summed E-state index contributed by atoms with van der Waals surface area (Å²) in [6.07, 6.45) is 0. The molecule has 0 saturated heterocycles. The molecular formula is C32H29F2N3O5. The Hall–Kier alpha value is -4.64. The second-order valence-corrected chi connectivity index (χ2v) is 9.66. The SMILES string of the molecule is Cc1ccc(Oc2nc3c(F)c(-c4ccc(-c5ccc(CNCCOCCO)cc5)cc4)c(F)cc3[nH]2)cc1C(=O)O. The fourth-order valence-corrected chi connectivity index (χ4v) is 4.57. The van der Waals surface area contributed by atoms with Gasteiger partial charge in [-0.3, -0.25) is 0 Å². The molecule has 1 aromatic heterocycles. The van der Waals surface area contributed by atoms with Crippen LogP contribution in [0.4, 0.5) is 8.78 Å². The number of carbonyl (C=O) groups is 1. The van der Waals surface area contributed by atoms with Crippen LogP contribution < -0.4 is 10.1 Å². The van der Waals surface area contributed by atoms with Crippen molar-refractivity contribution in [2.24, 2.45) is 0 Å². The first-order valence-electron chi connectivity index (χ1n) is 13.3. The highest BCUT2D eigenvalue weighted by molar-refractivity contribution is 5.90. The van der Waals surface area contributed by atoms with Gasteiger partial charge in [0.05, 0.1) is 36.5 Å². The van der Waals surface area contributed by atoms with Crippen LogP contribution in [0.15, 0.2) is 72.8 Å². The summed E-state index contributed by atoms with van der Waals surface area (Å²) in [7, 11) is 0. The third-order valence-electron chi connectivity index (χ3n) is 6.75. The van der Waals surface area contributed by atoms with E-state index in [4.69, 9.17) is 14.6 Å². The van der Waals surface area contributed by atoms with Crippen LogP contribution >= 0.6 is 0 Å². The van der Waals surface area contributed by atoms with E-state index >= 15 is 8.78 Å². The third-order valence-corrected chi connectivity index (χ3v) is 6.75. The number of H-pyrrole nitrogens is 1. The minimum absolute atomic E-state index is 0.0102. The number of aromatic amines is 1. The number of carboxylic acids is 1. The maximum absolute atomic E-state index is 15.6. The molecular weight excluding hydrogens is 544 g/mol. The number of rotatable bonds is 12. The minimum Gasteiger partial charge on any atom is -0.478 e. The number of imidazole rings is 1. The fourth-order valence-electron chi connectivity index (χ4n) is 4.57. The van der Waals surface area contributed by atoms with Gasteiger partial charge in [-0.1, -0.05) is 54.6 Å². The van der Waals surface area contributed by atoms with Gasteiger partial charge in [0, 0.05) is 19.2 Å². The number of halogens is 2. The normalized spacial score (nSPS) is 11.2. The zero-order valence-corrected chi connectivity index (χ0v) is 22.8. The average Bonchev–Trinajstić information content (AvgIpc) is 3.39. The van der Waals surface area contributed by atoms with E-state index in [1.165, 1.54) is 6.07 Å². The van der Waals surface area contributed by atoms with E-state index in [1.54, 1.807) is 43.3 Å². The molecule has 0 bridgehead atoms. The van der Waals surface area contributed by atoms with Crippen LogP contribution in [0.1, 0.15) is 21.5 Å². The van der Waals surface area contributed by atoms with Gasteiger partial charge in [0.1, 0.15) is 17.1 Å². The summed E-state index contributed by atoms with van der Waals surface area (Å²) in [6.45, 7) is 3.88. The van der Waals surface area contributed by atoms with Crippen LogP contribution in [0.3, 0.4) is 0 Å². The fraction of sp³-hybridized carbons (Fsp3) is 0.188. The van der Waals surface area contributed by atoms with Crippen molar-refractivity contribution in [2.45, 2.75) is 13.5 Å². The van der Waals surface area contributed by atoms with Gasteiger partial charge in [-0.15, -0.1) is 0 Å². The Morgan fingerprint density at radius 1 is 0.952 bits per heavy atom. The highest BCUT2D eigenvalue weighted by Crippen LogP contribution is 2.34. The van der Waals surface area contributed by atoms with Crippen molar-refractivity contribution < 1.29 is 33.3 Å². The number of hydrogen-bond acceptors (Lipinski definition) is 6. The summed E-state index contributed by atoms with van der Waals surface area (Å²) in [6, 6.07) is 20.5. The van der Waals surface area contributed by atoms with E-state index in [-0.39, 0.29) is 40.5 Å². The number of aliphatic hydroxyl groups excluding tert-OH is 1. The summed E-state index contributed by atoms with van der Waals surface area (Å²) in [5, 5.41) is 21.3. The van der Waals surface area contributed by atoms with E-state index in [9.17, 15) is 9.90 Å². The molecule has 10 heteroatoms. The van der Waals surface area contributed by atoms with E-state index in [0.717, 1.165) is 22.8 Å². The molecule has 8 nitrogen and oxygen atoms in total. The Kier molecular flexibility index (Phi) is 8.87. The second-order valence-electron chi connectivity index (χ2n) is 9.66. The van der Waals surface area contributed by atoms with E-state index in [1.807, 2.05) is 24.3 Å². The Bertz CT molecular complexity index is 1700. The number of fused-ring (bicyclic) bond motifs is 1. The van der Waals surface area contributed by atoms with E-state index in [2.05, 4.69) is 15.3 Å². The van der Waals surface area contributed by atoms with E-state index in [0.29, 0.717) is 37.4 Å². The molecule has 0 unspecified atom stereocenters. The number of carboxylic acid groups (broad SMARTS) is 1. The first kappa shape index (κ1) is 28.9. The summed E-state index contributed by atoms with van der Waals surface area (Å²) in [4.78, 5) is 18.3. The maximum Gasteiger partial charge on any atom is 0.336 e. The smallest absolute Gasteiger partial charge is 0.336 e. The van der Waals surface area contributed by atoms with Gasteiger partial charge in [-0.05, 0) is 46.9 Å². The van der Waals surface area contributed by atoms with Crippen LogP contribution in [-0.4, -0.2) is 52.5 Å². The van der Waals surface area contributed by atoms with Gasteiger partial charge in [-0.25, -0.2) is 13.6 Å². The maximum atomic E-state index is 15.6. The molecule has 0 atom stereocenters. The molecule has 0 fully saturated rings. The number of benzene rings is 4. The molecule has 0 spiro atoms. The van der Waals surface area contributed by atoms with Gasteiger partial charge in [0.2, 0.25) is 0 Å². The topological polar surface area (TPSA) is 117 Å². The molecule has 42 heavy (non-hydrogen) atoms. The lowest BCUT2D eigenvalue weighted by Crippen LogP contribution is -2.19. The number of nitrogens with one attached hydrogen (secondary N) is 2. The highest BCUT2D eigenvalue weighted by Gasteiger charge is 2.20. The molecule has 0 saturated carbocycles. The first-order chi connectivity index (χ1) is 20.3. The van der Waals surface area contributed by atoms with Crippen molar-refractivity contribution in [1.82, 2.24) is 15.3 Å². The van der Waals surface area contributed by atoms with Crippen molar-refractivity contribution in [3.63, 3.8) is 0 Å². The van der Waals surface area contributed by atoms with Crippen molar-refractivity contribution in [1.29, 1.82) is 0 Å². The number of aliphatic hydroxyl groups is 1. The molecule has 5 aromatic rings. The molecule has 0 radical (unpaired) electrons. The van der Waals surface area contributed by atoms with Crippen molar-refractivity contribution in [3.05, 3.63) is 101 Å². The van der Waals surface area contributed by atoms with Gasteiger partial charge < -0.3 is 30.0 Å². The van der Waals surface area contributed by atoms with Crippen molar-refractivity contribution in [2.75, 3.05) is 26.4 Å². The van der Waals surface area contributed by atoms with Crippen LogP contribution in [0.2, 0.25) is 0 Å². The molecule has 0 amide bonds. The minimum atomic E-state index is -1.10. The Morgan fingerprint density at radius 2 is 1.64 bits per heavy atom. The number of hydrogen-bond donors (Lipinski definition) is 4. The number of ether oxygens (including phenoxy) is 2. The summed E-state index contributed by atoms with van der Waals surface area (Å²) < 4.78 is 41.5. The van der Waals surface area contributed by atoms with Crippen molar-refractivity contribution in [3.8, 4) is 34.0 Å².